The summed E-state index contributed by atoms with van der Waals surface area (Å²) in [6.45, 7) is 14.2. The van der Waals surface area contributed by atoms with E-state index in [1.807, 2.05) is 0 Å². The van der Waals surface area contributed by atoms with E-state index in [1.165, 1.54) is 38.5 Å². The van der Waals surface area contributed by atoms with Crippen LogP contribution < -0.4 is 0 Å². The van der Waals surface area contributed by atoms with E-state index in [2.05, 4.69) is 78.0 Å². The summed E-state index contributed by atoms with van der Waals surface area (Å²) < 4.78 is 0. The van der Waals surface area contributed by atoms with Gasteiger partial charge in [-0.05, 0) is 63.9 Å². The van der Waals surface area contributed by atoms with Gasteiger partial charge in [0, 0.05) is 0 Å². The first-order chi connectivity index (χ1) is 13.1. The number of allylic oxidation sites excluding steroid dienone is 8. The van der Waals surface area contributed by atoms with Crippen LogP contribution in [0.25, 0.3) is 0 Å². The highest BCUT2D eigenvalue weighted by molar-refractivity contribution is 5.38. The van der Waals surface area contributed by atoms with Crippen molar-refractivity contribution in [1.29, 1.82) is 0 Å². The molecule has 4 aliphatic carbocycles. The second-order valence-electron chi connectivity index (χ2n) is 12.2. The number of rotatable bonds is 3. The van der Waals surface area contributed by atoms with Crippen molar-refractivity contribution in [3.8, 4) is 0 Å². The molecule has 0 nitrogen and oxygen atoms in total. The van der Waals surface area contributed by atoms with Crippen LogP contribution in [-0.2, 0) is 0 Å². The van der Waals surface area contributed by atoms with E-state index in [-0.39, 0.29) is 10.8 Å². The monoisotopic (exact) mass is 378 g/mol. The third kappa shape index (κ3) is 3.86. The highest BCUT2D eigenvalue weighted by atomic mass is 14.5. The Bertz CT molecular complexity index is 641. The van der Waals surface area contributed by atoms with E-state index in [0.29, 0.717) is 11.8 Å². The summed E-state index contributed by atoms with van der Waals surface area (Å²) in [5.41, 5.74) is 3.63. The van der Waals surface area contributed by atoms with Gasteiger partial charge in [-0.25, -0.2) is 0 Å². The highest BCUT2D eigenvalue weighted by Gasteiger charge is 2.48. The third-order valence-corrected chi connectivity index (χ3v) is 8.18. The van der Waals surface area contributed by atoms with Gasteiger partial charge in [0.25, 0.3) is 0 Å². The smallest absolute Gasteiger partial charge is 0.00954 e. The molecule has 2 saturated carbocycles. The first kappa shape index (κ1) is 20.2. The summed E-state index contributed by atoms with van der Waals surface area (Å²) in [7, 11) is 0. The van der Waals surface area contributed by atoms with Crippen molar-refractivity contribution in [3.05, 3.63) is 47.6 Å². The Labute approximate surface area is 174 Å². The molecule has 4 rings (SSSR count). The minimum absolute atomic E-state index is 0.257. The SMILES string of the molecule is CC(C)(C)C1=CC2C(C=C1)C1C=CC(C(C)(C)C)=CC1C2CCC1CCCC1. The van der Waals surface area contributed by atoms with Crippen LogP contribution in [0.4, 0.5) is 0 Å². The average molecular weight is 379 g/mol. The van der Waals surface area contributed by atoms with Crippen LogP contribution >= 0.6 is 0 Å². The lowest BCUT2D eigenvalue weighted by atomic mass is 9.74. The Morgan fingerprint density at radius 3 is 1.57 bits per heavy atom. The summed E-state index contributed by atoms with van der Waals surface area (Å²) in [6.07, 6.45) is 24.3. The van der Waals surface area contributed by atoms with E-state index in [1.54, 1.807) is 11.1 Å². The largest absolute Gasteiger partial charge is 0.0799 e. The average Bonchev–Trinajstić information content (AvgIpc) is 3.23. The molecule has 4 atom stereocenters. The van der Waals surface area contributed by atoms with Crippen molar-refractivity contribution in [3.63, 3.8) is 0 Å². The van der Waals surface area contributed by atoms with Crippen molar-refractivity contribution in [1.82, 2.24) is 0 Å². The Balaban J connectivity index is 1.64. The van der Waals surface area contributed by atoms with Gasteiger partial charge in [-0.3, -0.25) is 0 Å². The van der Waals surface area contributed by atoms with E-state index >= 15 is 0 Å². The molecule has 2 fully saturated rings. The molecule has 0 heterocycles. The van der Waals surface area contributed by atoms with Gasteiger partial charge in [0.05, 0.1) is 0 Å². The van der Waals surface area contributed by atoms with Gasteiger partial charge in [-0.15, -0.1) is 0 Å². The molecule has 0 N–H and O–H groups in total. The molecule has 0 radical (unpaired) electrons. The second kappa shape index (κ2) is 7.33. The molecule has 4 unspecified atom stereocenters. The quantitative estimate of drug-likeness (QED) is 0.465. The molecule has 0 aromatic heterocycles. The molecule has 0 aliphatic heterocycles. The molecule has 28 heavy (non-hydrogen) atoms. The fourth-order valence-corrected chi connectivity index (χ4v) is 6.39. The topological polar surface area (TPSA) is 0 Å². The minimum Gasteiger partial charge on any atom is -0.0799 e. The van der Waals surface area contributed by atoms with Gasteiger partial charge in [0.1, 0.15) is 0 Å². The molecule has 0 aromatic rings. The van der Waals surface area contributed by atoms with Gasteiger partial charge < -0.3 is 0 Å². The summed E-state index contributed by atoms with van der Waals surface area (Å²) in [4.78, 5) is 0. The standard InChI is InChI=1S/C28H42/c1-27(2,3)20-12-15-22-23-16-13-21(28(4,5)6)18-26(23)24(25(22)17-20)14-11-19-9-7-8-10-19/h12-13,15-19,22-26H,7-11,14H2,1-6H3. The molecule has 0 bridgehead atoms. The molecule has 154 valence electrons. The Morgan fingerprint density at radius 1 is 0.679 bits per heavy atom. The summed E-state index contributed by atoms with van der Waals surface area (Å²) >= 11 is 0. The zero-order valence-electron chi connectivity index (χ0n) is 19.2. The van der Waals surface area contributed by atoms with E-state index in [0.717, 1.165) is 23.7 Å². The lowest BCUT2D eigenvalue weighted by Crippen LogP contribution is -2.21. The summed E-state index contributed by atoms with van der Waals surface area (Å²) in [5.74, 6) is 4.71. The van der Waals surface area contributed by atoms with Crippen molar-refractivity contribution < 1.29 is 0 Å². The maximum Gasteiger partial charge on any atom is -0.00954 e. The molecular weight excluding hydrogens is 336 g/mol. The van der Waals surface area contributed by atoms with Crippen LogP contribution in [0.15, 0.2) is 47.6 Å². The number of hydrogen-bond acceptors (Lipinski definition) is 0. The normalized spacial score (nSPS) is 35.6. The zero-order chi connectivity index (χ0) is 20.1. The van der Waals surface area contributed by atoms with Crippen LogP contribution in [0.2, 0.25) is 0 Å². The second-order valence-corrected chi connectivity index (χ2v) is 12.2. The Hall–Kier alpha value is -1.04. The fourth-order valence-electron chi connectivity index (χ4n) is 6.39. The molecule has 0 saturated heterocycles. The van der Waals surface area contributed by atoms with Crippen molar-refractivity contribution in [2.24, 2.45) is 46.3 Å². The number of hydrogen-bond donors (Lipinski definition) is 0. The van der Waals surface area contributed by atoms with E-state index in [9.17, 15) is 0 Å². The Kier molecular flexibility index (Phi) is 5.30. The van der Waals surface area contributed by atoms with E-state index < -0.39 is 0 Å². The number of fused-ring (bicyclic) bond motifs is 3. The van der Waals surface area contributed by atoms with Crippen molar-refractivity contribution in [2.45, 2.75) is 80.1 Å². The van der Waals surface area contributed by atoms with Crippen LogP contribution in [-0.4, -0.2) is 0 Å². The van der Waals surface area contributed by atoms with Crippen LogP contribution in [0.5, 0.6) is 0 Å². The lowest BCUT2D eigenvalue weighted by Gasteiger charge is -2.31. The van der Waals surface area contributed by atoms with Gasteiger partial charge in [0.2, 0.25) is 0 Å². The third-order valence-electron chi connectivity index (χ3n) is 8.18. The molecular formula is C28H42. The van der Waals surface area contributed by atoms with Crippen molar-refractivity contribution in [2.75, 3.05) is 0 Å². The maximum atomic E-state index is 2.70. The zero-order valence-corrected chi connectivity index (χ0v) is 19.2. The Morgan fingerprint density at radius 2 is 1.14 bits per heavy atom. The maximum absolute atomic E-state index is 2.70. The van der Waals surface area contributed by atoms with Crippen LogP contribution in [0, 0.1) is 46.3 Å². The van der Waals surface area contributed by atoms with Gasteiger partial charge >= 0.3 is 0 Å². The van der Waals surface area contributed by atoms with Gasteiger partial charge in [-0.1, -0.05) is 110 Å². The summed E-state index contributed by atoms with van der Waals surface area (Å²) in [5, 5.41) is 0. The molecule has 4 aliphatic rings. The summed E-state index contributed by atoms with van der Waals surface area (Å²) in [6, 6.07) is 0. The van der Waals surface area contributed by atoms with Crippen molar-refractivity contribution >= 4 is 0 Å². The first-order valence-electron chi connectivity index (χ1n) is 12.0. The highest BCUT2D eigenvalue weighted by Crippen LogP contribution is 2.56. The van der Waals surface area contributed by atoms with Gasteiger partial charge in [-0.2, -0.15) is 0 Å². The predicted molar refractivity (Wildman–Crippen MR) is 122 cm³/mol. The first-order valence-corrected chi connectivity index (χ1v) is 12.0. The minimum atomic E-state index is 0.257. The molecule has 0 heteroatoms. The van der Waals surface area contributed by atoms with Crippen LogP contribution in [0.1, 0.15) is 80.1 Å². The lowest BCUT2D eigenvalue weighted by molar-refractivity contribution is 0.307. The molecule has 0 amide bonds. The van der Waals surface area contributed by atoms with Gasteiger partial charge in [0.15, 0.2) is 0 Å². The predicted octanol–water partition coefficient (Wildman–Crippen LogP) is 8.14. The van der Waals surface area contributed by atoms with E-state index in [4.69, 9.17) is 0 Å². The molecule has 0 spiro atoms. The van der Waals surface area contributed by atoms with Crippen LogP contribution in [0.3, 0.4) is 0 Å². The molecule has 0 aromatic carbocycles. The fraction of sp³-hybridized carbons (Fsp3) is 0.714.